The zero-order valence-corrected chi connectivity index (χ0v) is 11.0. The van der Waals surface area contributed by atoms with E-state index in [9.17, 15) is 44.3 Å². The number of thiophene rings is 1. The Morgan fingerprint density at radius 1 is 1.00 bits per heavy atom. The standard InChI is InChI=1S/C10H6F9NOS/c11-7(12,6(21)20-4-5-2-1-3-22-5)8(13,14)9(15,16)10(17,18)19/h1-3H,4H2,(H,20,21). The lowest BCUT2D eigenvalue weighted by molar-refractivity contribution is -0.388. The Bertz CT molecular complexity index is 523. The van der Waals surface area contributed by atoms with Gasteiger partial charge in [-0.05, 0) is 11.4 Å². The van der Waals surface area contributed by atoms with E-state index in [1.807, 2.05) is 0 Å². The summed E-state index contributed by atoms with van der Waals surface area (Å²) < 4.78 is 113. The predicted octanol–water partition coefficient (Wildman–Crippen LogP) is 3.83. The first-order valence-electron chi connectivity index (χ1n) is 5.26. The highest BCUT2D eigenvalue weighted by Gasteiger charge is 2.83. The molecular weight excluding hydrogens is 353 g/mol. The number of hydrogen-bond acceptors (Lipinski definition) is 2. The monoisotopic (exact) mass is 359 g/mol. The number of alkyl halides is 9. The Hall–Kier alpha value is -1.46. The van der Waals surface area contributed by atoms with Crippen LogP contribution in [-0.2, 0) is 11.3 Å². The van der Waals surface area contributed by atoms with Crippen molar-refractivity contribution in [2.75, 3.05) is 0 Å². The van der Waals surface area contributed by atoms with Gasteiger partial charge in [-0.2, -0.15) is 39.5 Å². The van der Waals surface area contributed by atoms with Crippen LogP contribution in [0.4, 0.5) is 39.5 Å². The average molecular weight is 359 g/mol. The van der Waals surface area contributed by atoms with Gasteiger partial charge in [0.25, 0.3) is 5.91 Å². The third kappa shape index (κ3) is 3.01. The molecule has 0 bridgehead atoms. The molecule has 1 heterocycles. The third-order valence-electron chi connectivity index (χ3n) is 2.43. The number of rotatable bonds is 5. The van der Waals surface area contributed by atoms with Gasteiger partial charge >= 0.3 is 23.9 Å². The zero-order chi connectivity index (χ0) is 17.4. The van der Waals surface area contributed by atoms with Crippen LogP contribution in [0.25, 0.3) is 0 Å². The van der Waals surface area contributed by atoms with Crippen molar-refractivity contribution in [3.63, 3.8) is 0 Å². The Labute approximate surface area is 120 Å². The fourth-order valence-corrected chi connectivity index (χ4v) is 1.85. The molecule has 0 aliphatic rings. The molecule has 0 saturated carbocycles. The molecule has 0 unspecified atom stereocenters. The Morgan fingerprint density at radius 3 is 1.95 bits per heavy atom. The Balaban J connectivity index is 2.97. The van der Waals surface area contributed by atoms with E-state index < -0.39 is 36.4 Å². The van der Waals surface area contributed by atoms with Gasteiger partial charge in [0.15, 0.2) is 0 Å². The van der Waals surface area contributed by atoms with Crippen LogP contribution in [0.3, 0.4) is 0 Å². The fraction of sp³-hybridized carbons (Fsp3) is 0.500. The molecule has 1 rings (SSSR count). The molecule has 12 heteroatoms. The van der Waals surface area contributed by atoms with E-state index in [4.69, 9.17) is 0 Å². The highest BCUT2D eigenvalue weighted by molar-refractivity contribution is 7.09. The minimum atomic E-state index is -7.08. The molecular formula is C10H6F9NOS. The number of nitrogens with one attached hydrogen (secondary N) is 1. The van der Waals surface area contributed by atoms with Gasteiger partial charge in [-0.1, -0.05) is 6.07 Å². The maximum atomic E-state index is 13.1. The summed E-state index contributed by atoms with van der Waals surface area (Å²) in [6, 6.07) is 2.71. The number of amides is 1. The molecule has 0 atom stereocenters. The summed E-state index contributed by atoms with van der Waals surface area (Å²) in [4.78, 5) is 11.1. The summed E-state index contributed by atoms with van der Waals surface area (Å²) in [5.74, 6) is -23.2. The lowest BCUT2D eigenvalue weighted by Gasteiger charge is -2.32. The SMILES string of the molecule is O=C(NCc1cccs1)C(F)(F)C(F)(F)C(F)(F)C(F)(F)F. The van der Waals surface area contributed by atoms with Gasteiger partial charge in [0.1, 0.15) is 0 Å². The maximum Gasteiger partial charge on any atom is 0.460 e. The topological polar surface area (TPSA) is 29.1 Å². The summed E-state index contributed by atoms with van der Waals surface area (Å²) >= 11 is 0.918. The quantitative estimate of drug-likeness (QED) is 0.796. The molecule has 1 N–H and O–H groups in total. The van der Waals surface area contributed by atoms with Gasteiger partial charge in [-0.3, -0.25) is 4.79 Å². The first-order chi connectivity index (χ1) is 9.75. The van der Waals surface area contributed by atoms with E-state index in [0.717, 1.165) is 11.3 Å². The van der Waals surface area contributed by atoms with Crippen LogP contribution in [-0.4, -0.2) is 29.9 Å². The van der Waals surface area contributed by atoms with E-state index in [1.165, 1.54) is 22.8 Å². The summed E-state index contributed by atoms with van der Waals surface area (Å²) in [5, 5.41) is 2.63. The first-order valence-corrected chi connectivity index (χ1v) is 6.14. The molecule has 0 saturated heterocycles. The highest BCUT2D eigenvalue weighted by atomic mass is 32.1. The van der Waals surface area contributed by atoms with Crippen molar-refractivity contribution in [3.05, 3.63) is 22.4 Å². The molecule has 0 aromatic carbocycles. The second kappa shape index (κ2) is 5.63. The van der Waals surface area contributed by atoms with Gasteiger partial charge < -0.3 is 5.32 Å². The molecule has 0 radical (unpaired) electrons. The zero-order valence-electron chi connectivity index (χ0n) is 10.2. The molecule has 0 aliphatic heterocycles. The molecule has 0 fully saturated rings. The summed E-state index contributed by atoms with van der Waals surface area (Å²) in [6.07, 6.45) is -6.95. The van der Waals surface area contributed by atoms with Crippen LogP contribution in [0, 0.1) is 0 Å². The normalized spacial score (nSPS) is 14.0. The largest absolute Gasteiger partial charge is 0.460 e. The van der Waals surface area contributed by atoms with Crippen molar-refractivity contribution in [2.24, 2.45) is 0 Å². The summed E-state index contributed by atoms with van der Waals surface area (Å²) in [7, 11) is 0. The van der Waals surface area contributed by atoms with Gasteiger partial charge in [0, 0.05) is 4.88 Å². The summed E-state index contributed by atoms with van der Waals surface area (Å²) in [6.45, 7) is -0.722. The van der Waals surface area contributed by atoms with Gasteiger partial charge in [0.2, 0.25) is 0 Å². The van der Waals surface area contributed by atoms with E-state index in [-0.39, 0.29) is 4.88 Å². The predicted molar refractivity (Wildman–Crippen MR) is 57.1 cm³/mol. The van der Waals surface area contributed by atoms with E-state index in [1.54, 1.807) is 0 Å². The van der Waals surface area contributed by atoms with Crippen molar-refractivity contribution in [3.8, 4) is 0 Å². The lowest BCUT2D eigenvalue weighted by atomic mass is 10.0. The third-order valence-corrected chi connectivity index (χ3v) is 3.31. The van der Waals surface area contributed by atoms with Crippen LogP contribution in [0.2, 0.25) is 0 Å². The Morgan fingerprint density at radius 2 is 1.55 bits per heavy atom. The molecule has 0 spiro atoms. The number of halogens is 9. The minimum Gasteiger partial charge on any atom is -0.346 e. The molecule has 126 valence electrons. The van der Waals surface area contributed by atoms with Crippen molar-refractivity contribution < 1.29 is 44.3 Å². The molecule has 22 heavy (non-hydrogen) atoms. The van der Waals surface area contributed by atoms with Crippen LogP contribution >= 0.6 is 11.3 Å². The molecule has 0 aliphatic carbocycles. The molecule has 1 aromatic rings. The van der Waals surface area contributed by atoms with Crippen molar-refractivity contribution in [1.29, 1.82) is 0 Å². The highest BCUT2D eigenvalue weighted by Crippen LogP contribution is 2.53. The molecule has 1 aromatic heterocycles. The van der Waals surface area contributed by atoms with Crippen molar-refractivity contribution >= 4 is 17.2 Å². The van der Waals surface area contributed by atoms with Crippen LogP contribution in [0.15, 0.2) is 17.5 Å². The van der Waals surface area contributed by atoms with E-state index in [2.05, 4.69) is 0 Å². The first kappa shape index (κ1) is 18.6. The number of carbonyl (C=O) groups excluding carboxylic acids is 1. The number of carbonyl (C=O) groups is 1. The van der Waals surface area contributed by atoms with Crippen LogP contribution in [0.1, 0.15) is 4.88 Å². The van der Waals surface area contributed by atoms with E-state index >= 15 is 0 Å². The average Bonchev–Trinajstić information content (AvgIpc) is 2.86. The molecule has 2 nitrogen and oxygen atoms in total. The fourth-order valence-electron chi connectivity index (χ4n) is 1.21. The van der Waals surface area contributed by atoms with Gasteiger partial charge in [-0.25, -0.2) is 0 Å². The summed E-state index contributed by atoms with van der Waals surface area (Å²) in [5.41, 5.74) is 0. The second-order valence-corrected chi connectivity index (χ2v) is 5.02. The minimum absolute atomic E-state index is 0.204. The maximum absolute atomic E-state index is 13.1. The lowest BCUT2D eigenvalue weighted by Crippen LogP contribution is -2.65. The van der Waals surface area contributed by atoms with Crippen LogP contribution in [0.5, 0.6) is 0 Å². The smallest absolute Gasteiger partial charge is 0.346 e. The van der Waals surface area contributed by atoms with Crippen LogP contribution < -0.4 is 5.32 Å². The molecule has 1 amide bonds. The Kier molecular flexibility index (Phi) is 4.76. The van der Waals surface area contributed by atoms with Crippen molar-refractivity contribution in [2.45, 2.75) is 30.5 Å². The second-order valence-electron chi connectivity index (χ2n) is 3.98. The van der Waals surface area contributed by atoms with E-state index in [0.29, 0.717) is 0 Å². The van der Waals surface area contributed by atoms with Crippen molar-refractivity contribution in [1.82, 2.24) is 5.32 Å². The number of hydrogen-bond donors (Lipinski definition) is 1. The van der Waals surface area contributed by atoms with Gasteiger partial charge in [0.05, 0.1) is 6.54 Å². The van der Waals surface area contributed by atoms with Gasteiger partial charge in [-0.15, -0.1) is 11.3 Å².